The van der Waals surface area contributed by atoms with Crippen LogP contribution in [0, 0.1) is 5.92 Å². The predicted octanol–water partition coefficient (Wildman–Crippen LogP) is 2.98. The lowest BCUT2D eigenvalue weighted by Crippen LogP contribution is -1.99. The highest BCUT2D eigenvalue weighted by atomic mass is 16.3. The third-order valence-electron chi connectivity index (χ3n) is 2.11. The molecule has 0 bridgehead atoms. The molecule has 1 N–H and O–H groups in total. The summed E-state index contributed by atoms with van der Waals surface area (Å²) in [6.07, 6.45) is 7.89. The van der Waals surface area contributed by atoms with Crippen LogP contribution in [0.2, 0.25) is 0 Å². The molecule has 0 aromatic carbocycles. The van der Waals surface area contributed by atoms with Crippen molar-refractivity contribution in [3.05, 3.63) is 0 Å². The van der Waals surface area contributed by atoms with Gasteiger partial charge in [0, 0.05) is 6.61 Å². The van der Waals surface area contributed by atoms with E-state index >= 15 is 0 Å². The molecule has 0 spiro atoms. The highest BCUT2D eigenvalue weighted by Crippen LogP contribution is 2.10. The summed E-state index contributed by atoms with van der Waals surface area (Å²) in [5.74, 6) is 0.511. The molecule has 0 aliphatic rings. The summed E-state index contributed by atoms with van der Waals surface area (Å²) in [6, 6.07) is 0. The van der Waals surface area contributed by atoms with Gasteiger partial charge in [-0.3, -0.25) is 0 Å². The third kappa shape index (κ3) is 7.86. The molecule has 11 heavy (non-hydrogen) atoms. The van der Waals surface area contributed by atoms with E-state index in [1.165, 1.54) is 38.5 Å². The molecule has 0 rings (SSSR count). The molecule has 0 amide bonds. The zero-order valence-electron chi connectivity index (χ0n) is 7.97. The molecule has 68 valence electrons. The van der Waals surface area contributed by atoms with Crippen LogP contribution in [-0.4, -0.2) is 11.7 Å². The van der Waals surface area contributed by atoms with Crippen molar-refractivity contribution >= 4 is 0 Å². The summed E-state index contributed by atoms with van der Waals surface area (Å²) in [5, 5.41) is 8.74. The van der Waals surface area contributed by atoms with Crippen molar-refractivity contribution < 1.29 is 5.11 Å². The fourth-order valence-electron chi connectivity index (χ4n) is 1.19. The topological polar surface area (TPSA) is 20.2 Å². The molecule has 0 saturated carbocycles. The van der Waals surface area contributed by atoms with Crippen molar-refractivity contribution in [1.82, 2.24) is 0 Å². The first-order chi connectivity index (χ1) is 5.31. The van der Waals surface area contributed by atoms with Gasteiger partial charge in [0.15, 0.2) is 0 Å². The van der Waals surface area contributed by atoms with Crippen molar-refractivity contribution in [1.29, 1.82) is 0 Å². The van der Waals surface area contributed by atoms with E-state index in [4.69, 9.17) is 5.11 Å². The number of unbranched alkanes of at least 4 members (excludes halogenated alkanes) is 4. The average Bonchev–Trinajstić information content (AvgIpc) is 2.04. The Bertz CT molecular complexity index is 71.3. The summed E-state index contributed by atoms with van der Waals surface area (Å²) >= 11 is 0. The van der Waals surface area contributed by atoms with Gasteiger partial charge in [0.25, 0.3) is 0 Å². The Morgan fingerprint density at radius 2 is 1.73 bits per heavy atom. The van der Waals surface area contributed by atoms with Crippen molar-refractivity contribution in [3.8, 4) is 0 Å². The molecule has 0 radical (unpaired) electrons. The average molecular weight is 158 g/mol. The molecule has 1 atom stereocenters. The predicted molar refractivity (Wildman–Crippen MR) is 49.6 cm³/mol. The molecule has 0 heterocycles. The molecular formula is C10H22O. The zero-order valence-corrected chi connectivity index (χ0v) is 7.97. The van der Waals surface area contributed by atoms with Gasteiger partial charge in [0.1, 0.15) is 0 Å². The first-order valence-corrected chi connectivity index (χ1v) is 4.92. The van der Waals surface area contributed by atoms with Crippen LogP contribution in [0.4, 0.5) is 0 Å². The van der Waals surface area contributed by atoms with Crippen LogP contribution < -0.4 is 0 Å². The Balaban J connectivity index is 2.89. The number of aliphatic hydroxyl groups is 1. The molecular weight excluding hydrogens is 136 g/mol. The quantitative estimate of drug-likeness (QED) is 0.565. The summed E-state index contributed by atoms with van der Waals surface area (Å²) in [6.45, 7) is 4.70. The van der Waals surface area contributed by atoms with E-state index < -0.39 is 0 Å². The SMILES string of the molecule is CCCCCCC[C@H](C)CO. The van der Waals surface area contributed by atoms with Crippen LogP contribution in [0.3, 0.4) is 0 Å². The molecule has 0 aliphatic heterocycles. The monoisotopic (exact) mass is 158 g/mol. The summed E-state index contributed by atoms with van der Waals surface area (Å²) in [7, 11) is 0. The molecule has 0 aliphatic carbocycles. The third-order valence-corrected chi connectivity index (χ3v) is 2.11. The van der Waals surface area contributed by atoms with Crippen molar-refractivity contribution in [2.24, 2.45) is 5.92 Å². The van der Waals surface area contributed by atoms with Gasteiger partial charge in [-0.2, -0.15) is 0 Å². The minimum absolute atomic E-state index is 0.355. The van der Waals surface area contributed by atoms with Crippen LogP contribution in [-0.2, 0) is 0 Å². The molecule has 0 fully saturated rings. The standard InChI is InChI=1S/C10H22O/c1-3-4-5-6-7-8-10(2)9-11/h10-11H,3-9H2,1-2H3/t10-/m0/s1. The van der Waals surface area contributed by atoms with Crippen molar-refractivity contribution in [2.45, 2.75) is 52.4 Å². The van der Waals surface area contributed by atoms with Crippen LogP contribution in [0.25, 0.3) is 0 Å². The zero-order chi connectivity index (χ0) is 8.53. The fraction of sp³-hybridized carbons (Fsp3) is 1.00. The maximum absolute atomic E-state index is 8.74. The Morgan fingerprint density at radius 3 is 2.27 bits per heavy atom. The van der Waals surface area contributed by atoms with E-state index in [2.05, 4.69) is 13.8 Å². The number of hydrogen-bond acceptors (Lipinski definition) is 1. The second-order valence-electron chi connectivity index (χ2n) is 3.49. The van der Waals surface area contributed by atoms with Crippen LogP contribution >= 0.6 is 0 Å². The smallest absolute Gasteiger partial charge is 0.0456 e. The van der Waals surface area contributed by atoms with Gasteiger partial charge in [-0.25, -0.2) is 0 Å². The summed E-state index contributed by atoms with van der Waals surface area (Å²) < 4.78 is 0. The van der Waals surface area contributed by atoms with Crippen LogP contribution in [0.1, 0.15) is 52.4 Å². The van der Waals surface area contributed by atoms with Gasteiger partial charge in [-0.05, 0) is 12.3 Å². The van der Waals surface area contributed by atoms with Gasteiger partial charge in [-0.15, -0.1) is 0 Å². The minimum Gasteiger partial charge on any atom is -0.396 e. The number of rotatable bonds is 7. The molecule has 0 aromatic heterocycles. The van der Waals surface area contributed by atoms with Crippen molar-refractivity contribution in [2.75, 3.05) is 6.61 Å². The van der Waals surface area contributed by atoms with E-state index in [0.717, 1.165) is 0 Å². The van der Waals surface area contributed by atoms with E-state index in [-0.39, 0.29) is 0 Å². The maximum atomic E-state index is 8.74. The molecule has 0 unspecified atom stereocenters. The first-order valence-electron chi connectivity index (χ1n) is 4.92. The van der Waals surface area contributed by atoms with Gasteiger partial charge in [-0.1, -0.05) is 46.0 Å². The lowest BCUT2D eigenvalue weighted by atomic mass is 10.0. The lowest BCUT2D eigenvalue weighted by molar-refractivity contribution is 0.227. The first kappa shape index (κ1) is 11.0. The highest BCUT2D eigenvalue weighted by Gasteiger charge is 1.98. The van der Waals surface area contributed by atoms with Crippen molar-refractivity contribution in [3.63, 3.8) is 0 Å². The lowest BCUT2D eigenvalue weighted by Gasteiger charge is -2.05. The number of hydrogen-bond donors (Lipinski definition) is 1. The van der Waals surface area contributed by atoms with E-state index in [9.17, 15) is 0 Å². The largest absolute Gasteiger partial charge is 0.396 e. The molecule has 0 saturated heterocycles. The van der Waals surface area contributed by atoms with Crippen LogP contribution in [0.15, 0.2) is 0 Å². The van der Waals surface area contributed by atoms with Gasteiger partial charge >= 0.3 is 0 Å². The van der Waals surface area contributed by atoms with E-state index in [1.54, 1.807) is 0 Å². The highest BCUT2D eigenvalue weighted by molar-refractivity contribution is 4.50. The van der Waals surface area contributed by atoms with Gasteiger partial charge in [0.05, 0.1) is 0 Å². The minimum atomic E-state index is 0.355. The van der Waals surface area contributed by atoms with E-state index in [0.29, 0.717) is 12.5 Å². The Labute approximate surface area is 70.8 Å². The number of aliphatic hydroxyl groups excluding tert-OH is 1. The molecule has 0 aromatic rings. The molecule has 1 heteroatoms. The van der Waals surface area contributed by atoms with Crippen LogP contribution in [0.5, 0.6) is 0 Å². The Morgan fingerprint density at radius 1 is 1.09 bits per heavy atom. The normalized spacial score (nSPS) is 13.4. The Hall–Kier alpha value is -0.0400. The van der Waals surface area contributed by atoms with Gasteiger partial charge in [0.2, 0.25) is 0 Å². The Kier molecular flexibility index (Phi) is 8.03. The summed E-state index contributed by atoms with van der Waals surface area (Å²) in [4.78, 5) is 0. The maximum Gasteiger partial charge on any atom is 0.0456 e. The molecule has 1 nitrogen and oxygen atoms in total. The fourth-order valence-corrected chi connectivity index (χ4v) is 1.19. The van der Waals surface area contributed by atoms with Gasteiger partial charge < -0.3 is 5.11 Å². The second-order valence-corrected chi connectivity index (χ2v) is 3.49. The summed E-state index contributed by atoms with van der Waals surface area (Å²) in [5.41, 5.74) is 0. The second kappa shape index (κ2) is 8.06. The van der Waals surface area contributed by atoms with E-state index in [1.807, 2.05) is 0 Å².